The van der Waals surface area contributed by atoms with Crippen LogP contribution < -0.4 is 5.73 Å². The predicted molar refractivity (Wildman–Crippen MR) is 77.1 cm³/mol. The van der Waals surface area contributed by atoms with E-state index < -0.39 is 0 Å². The van der Waals surface area contributed by atoms with Crippen LogP contribution in [-0.2, 0) is 5.75 Å². The maximum atomic E-state index is 5.97. The first-order valence-corrected chi connectivity index (χ1v) is 7.01. The van der Waals surface area contributed by atoms with Gasteiger partial charge < -0.3 is 5.73 Å². The molecule has 0 aliphatic rings. The Labute approximate surface area is 114 Å². The number of halogens is 1. The van der Waals surface area contributed by atoms with E-state index in [4.69, 9.17) is 5.73 Å². The molecule has 1 aromatic heterocycles. The Kier molecular flexibility index (Phi) is 4.07. The largest absolute Gasteiger partial charge is 0.398 e. The minimum absolute atomic E-state index is 0.845. The fourth-order valence-corrected chi connectivity index (χ4v) is 2.78. The average Bonchev–Trinajstić information content (AvgIpc) is 2.28. The van der Waals surface area contributed by atoms with Gasteiger partial charge in [-0.1, -0.05) is 6.07 Å². The van der Waals surface area contributed by atoms with Gasteiger partial charge in [0.1, 0.15) is 0 Å². The number of nitrogens with two attached hydrogens (primary N) is 1. The molecular weight excluding hydrogens is 296 g/mol. The van der Waals surface area contributed by atoms with Crippen molar-refractivity contribution in [1.82, 2.24) is 4.98 Å². The first-order valence-electron chi connectivity index (χ1n) is 5.23. The van der Waals surface area contributed by atoms with Crippen LogP contribution in [0.15, 0.2) is 46.0 Å². The molecule has 2 N–H and O–H groups in total. The van der Waals surface area contributed by atoms with Crippen molar-refractivity contribution in [3.8, 4) is 0 Å². The fourth-order valence-electron chi connectivity index (χ4n) is 1.50. The number of nitrogens with zero attached hydrogens (tertiary/aromatic N) is 1. The summed E-state index contributed by atoms with van der Waals surface area (Å²) in [5, 5.41) is 0. The average molecular weight is 309 g/mol. The summed E-state index contributed by atoms with van der Waals surface area (Å²) in [6.07, 6.45) is 3.66. The van der Waals surface area contributed by atoms with Crippen LogP contribution in [0.4, 0.5) is 5.69 Å². The van der Waals surface area contributed by atoms with E-state index in [1.165, 1.54) is 11.1 Å². The maximum absolute atomic E-state index is 5.97. The molecule has 1 aromatic carbocycles. The van der Waals surface area contributed by atoms with Gasteiger partial charge in [-0.2, -0.15) is 0 Å². The van der Waals surface area contributed by atoms with E-state index in [9.17, 15) is 0 Å². The first-order chi connectivity index (χ1) is 8.15. The van der Waals surface area contributed by atoms with Crippen LogP contribution >= 0.6 is 27.7 Å². The smallest absolute Gasteiger partial charge is 0.0454 e. The second kappa shape index (κ2) is 5.56. The highest BCUT2D eigenvalue weighted by atomic mass is 79.9. The lowest BCUT2D eigenvalue weighted by atomic mass is 10.2. The molecule has 88 valence electrons. The molecule has 0 amide bonds. The Morgan fingerprint density at radius 2 is 2.12 bits per heavy atom. The molecule has 0 saturated carbocycles. The molecule has 0 atom stereocenters. The molecule has 2 rings (SSSR count). The quantitative estimate of drug-likeness (QED) is 0.687. The minimum atomic E-state index is 0.845. The van der Waals surface area contributed by atoms with E-state index in [2.05, 4.69) is 39.1 Å². The Hall–Kier alpha value is -1.00. The third-order valence-electron chi connectivity index (χ3n) is 2.32. The van der Waals surface area contributed by atoms with E-state index in [1.807, 2.05) is 19.2 Å². The van der Waals surface area contributed by atoms with E-state index >= 15 is 0 Å². The molecule has 0 aliphatic heterocycles. The van der Waals surface area contributed by atoms with Crippen molar-refractivity contribution in [3.05, 3.63) is 52.3 Å². The number of benzene rings is 1. The summed E-state index contributed by atoms with van der Waals surface area (Å²) in [5.41, 5.74) is 9.19. The summed E-state index contributed by atoms with van der Waals surface area (Å²) in [7, 11) is 0. The molecule has 1 heterocycles. The Morgan fingerprint density at radius 3 is 2.82 bits per heavy atom. The molecule has 4 heteroatoms. The Balaban J connectivity index is 2.07. The monoisotopic (exact) mass is 308 g/mol. The van der Waals surface area contributed by atoms with Crippen molar-refractivity contribution in [2.75, 3.05) is 5.73 Å². The van der Waals surface area contributed by atoms with Gasteiger partial charge in [0.25, 0.3) is 0 Å². The van der Waals surface area contributed by atoms with E-state index in [1.54, 1.807) is 18.0 Å². The minimum Gasteiger partial charge on any atom is -0.398 e. The van der Waals surface area contributed by atoms with Crippen molar-refractivity contribution in [3.63, 3.8) is 0 Å². The summed E-state index contributed by atoms with van der Waals surface area (Å²) in [6.45, 7) is 2.04. The number of nitrogen functional groups attached to an aromatic ring is 1. The molecule has 0 aliphatic carbocycles. The topological polar surface area (TPSA) is 38.9 Å². The zero-order valence-corrected chi connectivity index (χ0v) is 11.9. The fraction of sp³-hybridized carbons (Fsp3) is 0.154. The standard InChI is InChI=1S/C13H13BrN2S/c1-9-2-3-13(12(15)4-9)17-8-10-5-11(14)7-16-6-10/h2-7H,8,15H2,1H3. The van der Waals surface area contributed by atoms with Crippen LogP contribution in [0.2, 0.25) is 0 Å². The maximum Gasteiger partial charge on any atom is 0.0454 e. The lowest BCUT2D eigenvalue weighted by Crippen LogP contribution is -1.90. The predicted octanol–water partition coefficient (Wildman–Crippen LogP) is 4.03. The second-order valence-corrected chi connectivity index (χ2v) is 5.77. The Morgan fingerprint density at radius 1 is 1.29 bits per heavy atom. The van der Waals surface area contributed by atoms with E-state index in [0.717, 1.165) is 20.8 Å². The van der Waals surface area contributed by atoms with Crippen molar-refractivity contribution >= 4 is 33.4 Å². The van der Waals surface area contributed by atoms with Crippen molar-refractivity contribution in [2.24, 2.45) is 0 Å². The first kappa shape index (κ1) is 12.5. The number of rotatable bonds is 3. The number of anilines is 1. The number of pyridine rings is 1. The van der Waals surface area contributed by atoms with Gasteiger partial charge >= 0.3 is 0 Å². The van der Waals surface area contributed by atoms with Crippen LogP contribution in [0.3, 0.4) is 0 Å². The third kappa shape index (κ3) is 3.48. The zero-order valence-electron chi connectivity index (χ0n) is 9.48. The summed E-state index contributed by atoms with van der Waals surface area (Å²) in [5.74, 6) is 0.875. The lowest BCUT2D eigenvalue weighted by Gasteiger charge is -2.06. The van der Waals surface area contributed by atoms with E-state index in [-0.39, 0.29) is 0 Å². The number of aromatic nitrogens is 1. The van der Waals surface area contributed by atoms with Crippen LogP contribution in [0.25, 0.3) is 0 Å². The SMILES string of the molecule is Cc1ccc(SCc2cncc(Br)c2)c(N)c1. The summed E-state index contributed by atoms with van der Waals surface area (Å²) >= 11 is 5.15. The lowest BCUT2D eigenvalue weighted by molar-refractivity contribution is 1.23. The van der Waals surface area contributed by atoms with Crippen LogP contribution in [-0.4, -0.2) is 4.98 Å². The molecule has 0 bridgehead atoms. The molecule has 0 radical (unpaired) electrons. The summed E-state index contributed by atoms with van der Waals surface area (Å²) in [4.78, 5) is 5.26. The van der Waals surface area contributed by atoms with Crippen molar-refractivity contribution < 1.29 is 0 Å². The van der Waals surface area contributed by atoms with E-state index in [0.29, 0.717) is 0 Å². The van der Waals surface area contributed by atoms with Crippen molar-refractivity contribution in [2.45, 2.75) is 17.6 Å². The highest BCUT2D eigenvalue weighted by Gasteiger charge is 2.01. The van der Waals surface area contributed by atoms with Crippen molar-refractivity contribution in [1.29, 1.82) is 0 Å². The molecule has 0 unspecified atom stereocenters. The molecule has 2 nitrogen and oxygen atoms in total. The Bertz CT molecular complexity index is 529. The van der Waals surface area contributed by atoms with Gasteiger partial charge in [-0.15, -0.1) is 11.8 Å². The molecule has 17 heavy (non-hydrogen) atoms. The van der Waals surface area contributed by atoms with Crippen LogP contribution in [0, 0.1) is 6.92 Å². The van der Waals surface area contributed by atoms with Crippen LogP contribution in [0.5, 0.6) is 0 Å². The van der Waals surface area contributed by atoms with Gasteiger partial charge in [0, 0.05) is 33.2 Å². The highest BCUT2D eigenvalue weighted by molar-refractivity contribution is 9.10. The summed E-state index contributed by atoms with van der Waals surface area (Å²) in [6, 6.07) is 8.23. The third-order valence-corrected chi connectivity index (χ3v) is 3.92. The van der Waals surface area contributed by atoms with Gasteiger partial charge in [-0.05, 0) is 52.2 Å². The number of hydrogen-bond acceptors (Lipinski definition) is 3. The zero-order chi connectivity index (χ0) is 12.3. The number of thioether (sulfide) groups is 1. The number of aryl methyl sites for hydroxylation is 1. The van der Waals surface area contributed by atoms with Gasteiger partial charge in [0.15, 0.2) is 0 Å². The van der Waals surface area contributed by atoms with Gasteiger partial charge in [-0.25, -0.2) is 0 Å². The second-order valence-electron chi connectivity index (χ2n) is 3.84. The highest BCUT2D eigenvalue weighted by Crippen LogP contribution is 2.29. The normalized spacial score (nSPS) is 10.5. The number of hydrogen-bond donors (Lipinski definition) is 1. The van der Waals surface area contributed by atoms with Crippen LogP contribution in [0.1, 0.15) is 11.1 Å². The van der Waals surface area contributed by atoms with Gasteiger partial charge in [0.2, 0.25) is 0 Å². The summed E-state index contributed by atoms with van der Waals surface area (Å²) < 4.78 is 1.01. The molecule has 0 saturated heterocycles. The molecule has 0 fully saturated rings. The molecule has 0 spiro atoms. The van der Waals surface area contributed by atoms with Gasteiger partial charge in [0.05, 0.1) is 0 Å². The molecular formula is C13H13BrN2S. The van der Waals surface area contributed by atoms with Gasteiger partial charge in [-0.3, -0.25) is 4.98 Å². The molecule has 2 aromatic rings.